The van der Waals surface area contributed by atoms with Crippen LogP contribution in [0.25, 0.3) is 0 Å². The number of ether oxygens (including phenoxy) is 2. The molecular weight excluding hydrogens is 628 g/mol. The summed E-state index contributed by atoms with van der Waals surface area (Å²) in [5.41, 5.74) is -3.28. The minimum Gasteiger partial charge on any atom is -0.743 e. The number of nitrogens with zero attached hydrogens (tertiary/aromatic N) is 1. The van der Waals surface area contributed by atoms with Gasteiger partial charge in [-0.2, -0.15) is 8.78 Å². The molecule has 11 heteroatoms. The molecule has 0 bridgehead atoms. The van der Waals surface area contributed by atoms with Gasteiger partial charge < -0.3 is 18.5 Å². The van der Waals surface area contributed by atoms with Crippen LogP contribution in [-0.2, 0) is 29.2 Å². The lowest BCUT2D eigenvalue weighted by molar-refractivity contribution is -0.960. The number of esters is 2. The van der Waals surface area contributed by atoms with Crippen molar-refractivity contribution >= 4 is 22.1 Å². The van der Waals surface area contributed by atoms with Crippen molar-refractivity contribution in [3.63, 3.8) is 0 Å². The lowest BCUT2D eigenvalue weighted by Gasteiger charge is -2.53. The Hall–Kier alpha value is -1.33. The molecule has 0 N–H and O–H groups in total. The fraction of sp³-hybridized carbons (Fsp3) is 0.944. The number of carbonyl (C=O) groups excluding carboxylic acids is 2. The van der Waals surface area contributed by atoms with E-state index in [2.05, 4.69) is 81.0 Å². The first kappa shape index (κ1) is 47.8. The second-order valence-corrected chi connectivity index (χ2v) is 19.1. The summed E-state index contributed by atoms with van der Waals surface area (Å²) in [4.78, 5) is 24.5. The van der Waals surface area contributed by atoms with E-state index in [1.54, 1.807) is 13.8 Å². The molecule has 0 aromatic rings. The number of hydrogen-bond donors (Lipinski definition) is 0. The van der Waals surface area contributed by atoms with Crippen LogP contribution >= 0.6 is 0 Å². The van der Waals surface area contributed by atoms with Gasteiger partial charge in [0.25, 0.3) is 0 Å². The predicted molar refractivity (Wildman–Crippen MR) is 186 cm³/mol. The molecule has 0 spiro atoms. The molecule has 0 saturated heterocycles. The standard InChI is InChI=1S/C24H44F2O7S.C12H28N/c1-20(2,3)16-14-12-10-11-13-15-17-21(4,5)18(27)32-22(6,7)23(8,9)33-19(28)24(25,26)34(29,30)31;1-9-13(8,10-2)12(6,7)11(3,4)5/h10-17H2,1-9H3,(H,29,30,31);9-10H2,1-8H3/q;+1/p-1. The van der Waals surface area contributed by atoms with Crippen LogP contribution in [0.3, 0.4) is 0 Å². The summed E-state index contributed by atoms with van der Waals surface area (Å²) in [5.74, 6) is -3.12. The smallest absolute Gasteiger partial charge is 0.428 e. The SMILES string of the molecule is CC(C)(C)CCCCCCCCC(C)(C)C(=O)OC(C)(C)C(C)(C)OC(=O)C(F)(F)S(=O)(=O)[O-].CC[N+](C)(CC)C(C)(C)C(C)(C)C. The van der Waals surface area contributed by atoms with E-state index in [1.807, 2.05) is 0 Å². The van der Waals surface area contributed by atoms with Crippen molar-refractivity contribution in [1.29, 1.82) is 0 Å². The van der Waals surface area contributed by atoms with Crippen molar-refractivity contribution in [2.24, 2.45) is 16.2 Å². The van der Waals surface area contributed by atoms with Gasteiger partial charge in [0.1, 0.15) is 11.2 Å². The van der Waals surface area contributed by atoms with Crippen LogP contribution in [0.4, 0.5) is 8.78 Å². The van der Waals surface area contributed by atoms with Crippen LogP contribution in [0.5, 0.6) is 0 Å². The number of halogens is 2. The van der Waals surface area contributed by atoms with E-state index in [1.165, 1.54) is 60.0 Å². The third-order valence-corrected chi connectivity index (χ3v) is 11.6. The van der Waals surface area contributed by atoms with Gasteiger partial charge >= 0.3 is 17.2 Å². The maximum atomic E-state index is 13.5. The Morgan fingerprint density at radius 1 is 0.638 bits per heavy atom. The largest absolute Gasteiger partial charge is 0.743 e. The minimum atomic E-state index is -6.26. The molecule has 0 saturated carbocycles. The Balaban J connectivity index is 0. The van der Waals surface area contributed by atoms with Gasteiger partial charge in [-0.1, -0.05) is 80.1 Å². The number of unbranched alkanes of at least 4 members (excludes halogenated alkanes) is 5. The number of quaternary nitrogens is 1. The summed E-state index contributed by atoms with van der Waals surface area (Å²) in [6, 6.07) is 0. The molecule has 8 nitrogen and oxygen atoms in total. The van der Waals surface area contributed by atoms with Gasteiger partial charge in [0.15, 0.2) is 10.1 Å². The van der Waals surface area contributed by atoms with Gasteiger partial charge in [0.2, 0.25) is 0 Å². The van der Waals surface area contributed by atoms with Crippen LogP contribution in [0.1, 0.15) is 162 Å². The number of rotatable bonds is 17. The average Bonchev–Trinajstić information content (AvgIpc) is 2.87. The van der Waals surface area contributed by atoms with E-state index in [4.69, 9.17) is 4.74 Å². The van der Waals surface area contributed by atoms with Gasteiger partial charge in [-0.15, -0.1) is 0 Å². The summed E-state index contributed by atoms with van der Waals surface area (Å²) in [7, 11) is -3.89. The second-order valence-electron chi connectivity index (χ2n) is 17.7. The summed E-state index contributed by atoms with van der Waals surface area (Å²) < 4.78 is 70.4. The first-order valence-electron chi connectivity index (χ1n) is 17.2. The normalized spacial score (nSPS) is 14.3. The Morgan fingerprint density at radius 2 is 0.979 bits per heavy atom. The van der Waals surface area contributed by atoms with E-state index in [9.17, 15) is 31.3 Å². The average molecular weight is 700 g/mol. The highest BCUT2D eigenvalue weighted by molar-refractivity contribution is 7.87. The third-order valence-electron chi connectivity index (χ3n) is 10.8. The molecule has 0 heterocycles. The van der Waals surface area contributed by atoms with Crippen LogP contribution in [0.15, 0.2) is 0 Å². The highest BCUT2D eigenvalue weighted by Crippen LogP contribution is 2.39. The molecule has 0 amide bonds. The van der Waals surface area contributed by atoms with Crippen molar-refractivity contribution in [3.8, 4) is 0 Å². The zero-order chi connectivity index (χ0) is 38.1. The number of carbonyl (C=O) groups is 2. The highest BCUT2D eigenvalue weighted by atomic mass is 32.2. The van der Waals surface area contributed by atoms with Gasteiger partial charge in [0.05, 0.1) is 31.1 Å². The zero-order valence-electron chi connectivity index (χ0n) is 33.0. The molecule has 282 valence electrons. The molecule has 0 aliphatic carbocycles. The van der Waals surface area contributed by atoms with Crippen LogP contribution in [0.2, 0.25) is 0 Å². The van der Waals surface area contributed by atoms with E-state index in [-0.39, 0.29) is 0 Å². The Labute approximate surface area is 287 Å². The summed E-state index contributed by atoms with van der Waals surface area (Å²) in [5, 5.41) is -5.25. The Morgan fingerprint density at radius 3 is 1.28 bits per heavy atom. The van der Waals surface area contributed by atoms with Crippen molar-refractivity contribution in [2.75, 3.05) is 20.1 Å². The molecule has 0 fully saturated rings. The van der Waals surface area contributed by atoms with Gasteiger partial charge in [-0.25, -0.2) is 13.2 Å². The van der Waals surface area contributed by atoms with E-state index >= 15 is 0 Å². The molecular formula is C36H71F2NO7S. The highest BCUT2D eigenvalue weighted by Gasteiger charge is 2.54. The Bertz CT molecular complexity index is 1100. The van der Waals surface area contributed by atoms with Crippen molar-refractivity contribution in [3.05, 3.63) is 0 Å². The molecule has 0 aliphatic heterocycles. The molecule has 0 aromatic heterocycles. The Kier molecular flexibility index (Phi) is 17.3. The van der Waals surface area contributed by atoms with E-state index in [0.717, 1.165) is 30.2 Å². The van der Waals surface area contributed by atoms with Crippen molar-refractivity contribution in [2.45, 2.75) is 184 Å². The molecule has 0 radical (unpaired) electrons. The summed E-state index contributed by atoms with van der Waals surface area (Å²) >= 11 is 0. The quantitative estimate of drug-likeness (QED) is 0.0644. The van der Waals surface area contributed by atoms with Crippen LogP contribution in [0, 0.1) is 16.2 Å². The van der Waals surface area contributed by atoms with Gasteiger partial charge in [-0.3, -0.25) is 4.79 Å². The molecule has 0 atom stereocenters. The van der Waals surface area contributed by atoms with Crippen LogP contribution in [-0.4, -0.2) is 71.5 Å². The van der Waals surface area contributed by atoms with Gasteiger partial charge in [-0.05, 0) is 87.5 Å². The van der Waals surface area contributed by atoms with Crippen LogP contribution < -0.4 is 0 Å². The number of hydrogen-bond acceptors (Lipinski definition) is 7. The minimum absolute atomic E-state index is 0.330. The third kappa shape index (κ3) is 14.2. The molecule has 0 aliphatic rings. The molecule has 0 aromatic carbocycles. The fourth-order valence-electron chi connectivity index (χ4n) is 4.86. The zero-order valence-corrected chi connectivity index (χ0v) is 33.9. The predicted octanol–water partition coefficient (Wildman–Crippen LogP) is 9.26. The first-order chi connectivity index (χ1) is 20.6. The maximum absolute atomic E-state index is 13.5. The lowest BCUT2D eigenvalue weighted by Crippen LogP contribution is -2.64. The van der Waals surface area contributed by atoms with Crippen molar-refractivity contribution < 1.29 is 45.3 Å². The summed E-state index contributed by atoms with van der Waals surface area (Å²) in [6.45, 7) is 34.0. The number of alkyl halides is 2. The molecule has 0 unspecified atom stereocenters. The van der Waals surface area contributed by atoms with E-state index in [0.29, 0.717) is 22.8 Å². The topological polar surface area (TPSA) is 110 Å². The second kappa shape index (κ2) is 17.1. The molecule has 0 rings (SSSR count). The van der Waals surface area contributed by atoms with Gasteiger partial charge in [0, 0.05) is 5.41 Å². The van der Waals surface area contributed by atoms with E-state index < -0.39 is 43.9 Å². The molecule has 47 heavy (non-hydrogen) atoms. The maximum Gasteiger partial charge on any atom is 0.428 e. The first-order valence-corrected chi connectivity index (χ1v) is 18.6. The summed E-state index contributed by atoms with van der Waals surface area (Å²) in [6.07, 6.45) is 8.11. The fourth-order valence-corrected chi connectivity index (χ4v) is 5.11. The van der Waals surface area contributed by atoms with Crippen molar-refractivity contribution in [1.82, 2.24) is 0 Å². The monoisotopic (exact) mass is 699 g/mol. The lowest BCUT2D eigenvalue weighted by atomic mass is 9.73.